The lowest BCUT2D eigenvalue weighted by Crippen LogP contribution is -2.62. The highest BCUT2D eigenvalue weighted by molar-refractivity contribution is 7.11. The molecule has 0 aromatic carbocycles. The lowest BCUT2D eigenvalue weighted by Gasteiger charge is -2.37. The molecule has 43 heavy (non-hydrogen) atoms. The topological polar surface area (TPSA) is 181 Å². The van der Waals surface area contributed by atoms with Gasteiger partial charge >= 0.3 is 6.03 Å². The Bertz CT molecular complexity index is 1210. The van der Waals surface area contributed by atoms with Crippen molar-refractivity contribution in [1.29, 1.82) is 0 Å². The van der Waals surface area contributed by atoms with Crippen LogP contribution in [0.4, 0.5) is 4.79 Å². The summed E-state index contributed by atoms with van der Waals surface area (Å²) in [6, 6.07) is -4.53. The van der Waals surface area contributed by atoms with E-state index in [1.165, 1.54) is 22.4 Å². The molecule has 238 valence electrons. The summed E-state index contributed by atoms with van der Waals surface area (Å²) in [4.78, 5) is 84.0. The van der Waals surface area contributed by atoms with E-state index in [-0.39, 0.29) is 41.0 Å². The van der Waals surface area contributed by atoms with Crippen LogP contribution in [-0.2, 0) is 19.2 Å². The van der Waals surface area contributed by atoms with Crippen LogP contribution in [0.15, 0.2) is 11.6 Å². The molecule has 3 rings (SSSR count). The minimum absolute atomic E-state index is 0.0373. The van der Waals surface area contributed by atoms with Gasteiger partial charge in [-0.3, -0.25) is 24.0 Å². The summed E-state index contributed by atoms with van der Waals surface area (Å²) in [7, 11) is 0. The largest absolute Gasteiger partial charge is 0.363 e. The Labute approximate surface area is 257 Å². The Morgan fingerprint density at radius 2 is 1.67 bits per heavy atom. The number of urea groups is 1. The van der Waals surface area contributed by atoms with Crippen LogP contribution in [0.3, 0.4) is 0 Å². The molecule has 1 aromatic rings. The number of amides is 5. The van der Waals surface area contributed by atoms with Crippen LogP contribution >= 0.6 is 11.3 Å². The Morgan fingerprint density at radius 1 is 1.02 bits per heavy atom. The van der Waals surface area contributed by atoms with Crippen LogP contribution in [0.25, 0.3) is 0 Å². The van der Waals surface area contributed by atoms with E-state index >= 15 is 0 Å². The van der Waals surface area contributed by atoms with Gasteiger partial charge in [-0.25, -0.2) is 9.78 Å². The molecule has 1 aliphatic carbocycles. The zero-order valence-corrected chi connectivity index (χ0v) is 27.0. The summed E-state index contributed by atoms with van der Waals surface area (Å²) >= 11 is 1.19. The predicted octanol–water partition coefficient (Wildman–Crippen LogP) is 2.28. The summed E-state index contributed by atoms with van der Waals surface area (Å²) in [6.07, 6.45) is 4.22. The smallest absolute Gasteiger partial charge is 0.316 e. The standard InChI is InChI=1S/C30H46N6O6S/c1-15(2)18-10-12-36(21(18)26(40)33-19(14-17-8-9-17)22(37)25(31)39)28(41)24(30(5,6)7)35-29(42)34-20(16(3)4)23(38)27-32-11-13-43-27/h11,13,15-21,24H,8-10,12,14H2,1-7H3,(H2,31,39)(H,33,40)(H2,34,35,42)/t18-,19?,20+,21+,24-/m1/s1. The summed E-state index contributed by atoms with van der Waals surface area (Å²) < 4.78 is 0. The predicted molar refractivity (Wildman–Crippen MR) is 162 cm³/mol. The maximum Gasteiger partial charge on any atom is 0.316 e. The quantitative estimate of drug-likeness (QED) is 0.193. The highest BCUT2D eigenvalue weighted by atomic mass is 32.1. The number of nitrogens with one attached hydrogen (secondary N) is 3. The zero-order chi connectivity index (χ0) is 32.2. The first-order valence-electron chi connectivity index (χ1n) is 15.0. The second-order valence-electron chi connectivity index (χ2n) is 13.5. The first kappa shape index (κ1) is 34.1. The second kappa shape index (κ2) is 14.0. The van der Waals surface area contributed by atoms with E-state index in [0.717, 1.165) is 12.8 Å². The molecule has 2 heterocycles. The molecule has 5 amide bonds. The van der Waals surface area contributed by atoms with Gasteiger partial charge in [0, 0.05) is 18.1 Å². The number of aromatic nitrogens is 1. The molecule has 2 fully saturated rings. The number of likely N-dealkylation sites (tertiary alicyclic amines) is 1. The van der Waals surface area contributed by atoms with Gasteiger partial charge < -0.3 is 26.6 Å². The number of nitrogens with two attached hydrogens (primary N) is 1. The van der Waals surface area contributed by atoms with Crippen molar-refractivity contribution < 1.29 is 28.8 Å². The van der Waals surface area contributed by atoms with Gasteiger partial charge in [0.1, 0.15) is 12.1 Å². The van der Waals surface area contributed by atoms with Crippen LogP contribution < -0.4 is 21.7 Å². The first-order valence-corrected chi connectivity index (χ1v) is 15.9. The lowest BCUT2D eigenvalue weighted by atomic mass is 9.84. The summed E-state index contributed by atoms with van der Waals surface area (Å²) in [5, 5.41) is 10.2. The fraction of sp³-hybridized carbons (Fsp3) is 0.700. The molecule has 5 atom stereocenters. The molecule has 1 saturated carbocycles. The first-order chi connectivity index (χ1) is 20.0. The van der Waals surface area contributed by atoms with Crippen molar-refractivity contribution in [1.82, 2.24) is 25.8 Å². The molecule has 1 aromatic heterocycles. The van der Waals surface area contributed by atoms with E-state index in [4.69, 9.17) is 5.73 Å². The maximum atomic E-state index is 14.2. The summed E-state index contributed by atoms with van der Waals surface area (Å²) in [5.74, 6) is -3.41. The maximum absolute atomic E-state index is 14.2. The molecule has 1 saturated heterocycles. The average molecular weight is 619 g/mol. The number of nitrogens with zero attached hydrogens (tertiary/aromatic N) is 2. The highest BCUT2D eigenvalue weighted by Crippen LogP contribution is 2.35. The third-order valence-corrected chi connectivity index (χ3v) is 9.05. The normalized spacial score (nSPS) is 20.8. The molecule has 2 aliphatic rings. The van der Waals surface area contributed by atoms with E-state index < -0.39 is 59.1 Å². The third-order valence-electron chi connectivity index (χ3n) is 8.26. The molecule has 0 bridgehead atoms. The Kier molecular flexibility index (Phi) is 11.1. The average Bonchev–Trinajstić information content (AvgIpc) is 3.37. The molecule has 0 spiro atoms. The van der Waals surface area contributed by atoms with E-state index in [0.29, 0.717) is 12.8 Å². The van der Waals surface area contributed by atoms with Crippen molar-refractivity contribution in [3.8, 4) is 0 Å². The zero-order valence-electron chi connectivity index (χ0n) is 26.1. The van der Waals surface area contributed by atoms with E-state index in [9.17, 15) is 28.8 Å². The van der Waals surface area contributed by atoms with Crippen molar-refractivity contribution in [2.45, 2.75) is 98.3 Å². The van der Waals surface area contributed by atoms with Crippen LogP contribution in [0, 0.1) is 29.1 Å². The number of primary amides is 1. The fourth-order valence-corrected chi connectivity index (χ4v) is 6.20. The van der Waals surface area contributed by atoms with Gasteiger partial charge in [-0.15, -0.1) is 11.3 Å². The van der Waals surface area contributed by atoms with Crippen molar-refractivity contribution in [3.63, 3.8) is 0 Å². The molecule has 1 unspecified atom stereocenters. The van der Waals surface area contributed by atoms with Crippen molar-refractivity contribution in [2.24, 2.45) is 34.8 Å². The second-order valence-corrected chi connectivity index (χ2v) is 14.4. The van der Waals surface area contributed by atoms with Crippen molar-refractivity contribution in [3.05, 3.63) is 16.6 Å². The Hall–Kier alpha value is -3.35. The molecular weight excluding hydrogens is 572 g/mol. The monoisotopic (exact) mass is 618 g/mol. The SMILES string of the molecule is CC(C)[C@H](NC(=O)N[C@H](C(=O)N1CC[C@H](C(C)C)[C@H]1C(=O)NC(CC1CC1)C(=O)C(N)=O)C(C)(C)C)C(=O)c1nccs1. The molecule has 12 nitrogen and oxygen atoms in total. The van der Waals surface area contributed by atoms with Gasteiger partial charge in [-0.1, -0.05) is 61.3 Å². The van der Waals surface area contributed by atoms with Crippen molar-refractivity contribution >= 4 is 46.7 Å². The molecular formula is C30H46N6O6S. The van der Waals surface area contributed by atoms with Crippen LogP contribution in [0.1, 0.15) is 84.0 Å². The fourth-order valence-electron chi connectivity index (χ4n) is 5.59. The number of carbonyl (C=O) groups is 6. The number of hydrogen-bond donors (Lipinski definition) is 4. The van der Waals surface area contributed by atoms with Gasteiger partial charge in [0.2, 0.25) is 23.4 Å². The van der Waals surface area contributed by atoms with Gasteiger partial charge in [-0.2, -0.15) is 0 Å². The van der Waals surface area contributed by atoms with Gasteiger partial charge in [0.05, 0.1) is 12.1 Å². The number of ketones is 2. The van der Waals surface area contributed by atoms with Gasteiger partial charge in [-0.05, 0) is 41.9 Å². The molecule has 5 N–H and O–H groups in total. The molecule has 0 radical (unpaired) electrons. The number of rotatable bonds is 13. The minimum Gasteiger partial charge on any atom is -0.363 e. The van der Waals surface area contributed by atoms with E-state index in [1.54, 1.807) is 26.2 Å². The molecule has 13 heteroatoms. The summed E-state index contributed by atoms with van der Waals surface area (Å²) in [6.45, 7) is 13.2. The van der Waals surface area contributed by atoms with Crippen molar-refractivity contribution in [2.75, 3.05) is 6.54 Å². The van der Waals surface area contributed by atoms with Crippen LogP contribution in [0.2, 0.25) is 0 Å². The Balaban J connectivity index is 1.82. The van der Waals surface area contributed by atoms with Gasteiger partial charge in [0.15, 0.2) is 5.01 Å². The van der Waals surface area contributed by atoms with Crippen LogP contribution in [0.5, 0.6) is 0 Å². The number of carbonyl (C=O) groups excluding carboxylic acids is 6. The third kappa shape index (κ3) is 8.61. The van der Waals surface area contributed by atoms with Gasteiger partial charge in [0.25, 0.3) is 5.91 Å². The number of thiazole rings is 1. The number of hydrogen-bond acceptors (Lipinski definition) is 8. The molecule has 1 aliphatic heterocycles. The number of Topliss-reactive ketones (excluding diaryl/α,β-unsaturated/α-hetero) is 2. The Morgan fingerprint density at radius 3 is 2.16 bits per heavy atom. The minimum atomic E-state index is -1.11. The van der Waals surface area contributed by atoms with E-state index in [2.05, 4.69) is 20.9 Å². The van der Waals surface area contributed by atoms with Crippen LogP contribution in [-0.4, -0.2) is 75.9 Å². The highest BCUT2D eigenvalue weighted by Gasteiger charge is 2.48. The summed E-state index contributed by atoms with van der Waals surface area (Å²) in [5.41, 5.74) is 4.52. The lowest BCUT2D eigenvalue weighted by molar-refractivity contribution is -0.144. The van der Waals surface area contributed by atoms with E-state index in [1.807, 2.05) is 27.7 Å².